The molecule has 0 aliphatic carbocycles. The van der Waals surface area contributed by atoms with Gasteiger partial charge in [0.2, 0.25) is 0 Å². The second-order valence-corrected chi connectivity index (χ2v) is 4.38. The first-order valence-electron chi connectivity index (χ1n) is 6.07. The van der Waals surface area contributed by atoms with Gasteiger partial charge in [0.1, 0.15) is 0 Å². The molecule has 2 nitrogen and oxygen atoms in total. The van der Waals surface area contributed by atoms with Gasteiger partial charge in [-0.2, -0.15) is 0 Å². The van der Waals surface area contributed by atoms with E-state index in [1.807, 2.05) is 0 Å². The lowest BCUT2D eigenvalue weighted by Gasteiger charge is -2.07. The maximum Gasteiger partial charge on any atom is 0.160 e. The molecule has 0 heterocycles. The Morgan fingerprint density at radius 1 is 1.17 bits per heavy atom. The summed E-state index contributed by atoms with van der Waals surface area (Å²) in [7, 11) is 0. The quantitative estimate of drug-likeness (QED) is 0.582. The Labute approximate surface area is 111 Å². The van der Waals surface area contributed by atoms with Gasteiger partial charge in [-0.1, -0.05) is 18.5 Å². The van der Waals surface area contributed by atoms with Crippen LogP contribution in [0, 0.1) is 11.6 Å². The van der Waals surface area contributed by atoms with Crippen LogP contribution in [-0.2, 0) is 11.2 Å². The van der Waals surface area contributed by atoms with E-state index in [9.17, 15) is 8.78 Å². The first-order valence-corrected chi connectivity index (χ1v) is 6.44. The van der Waals surface area contributed by atoms with Crippen molar-refractivity contribution in [1.82, 2.24) is 5.32 Å². The highest BCUT2D eigenvalue weighted by atomic mass is 35.5. The van der Waals surface area contributed by atoms with Gasteiger partial charge in [0, 0.05) is 11.6 Å². The molecule has 1 aromatic rings. The van der Waals surface area contributed by atoms with Crippen molar-refractivity contribution >= 4 is 11.6 Å². The average Bonchev–Trinajstić information content (AvgIpc) is 2.34. The summed E-state index contributed by atoms with van der Waals surface area (Å²) in [5.41, 5.74) is 0.567. The average molecular weight is 278 g/mol. The number of benzene rings is 1. The first-order chi connectivity index (χ1) is 8.65. The van der Waals surface area contributed by atoms with E-state index in [4.69, 9.17) is 16.3 Å². The summed E-state index contributed by atoms with van der Waals surface area (Å²) in [6, 6.07) is 2.12. The van der Waals surface area contributed by atoms with Crippen molar-refractivity contribution in [2.24, 2.45) is 0 Å². The molecule has 0 saturated carbocycles. The fourth-order valence-corrected chi connectivity index (χ4v) is 1.73. The minimum Gasteiger partial charge on any atom is -0.380 e. The molecule has 1 rings (SSSR count). The van der Waals surface area contributed by atoms with E-state index >= 15 is 0 Å². The lowest BCUT2D eigenvalue weighted by molar-refractivity contribution is 0.139. The van der Waals surface area contributed by atoms with Gasteiger partial charge in [-0.05, 0) is 37.1 Å². The van der Waals surface area contributed by atoms with Gasteiger partial charge >= 0.3 is 0 Å². The highest BCUT2D eigenvalue weighted by Crippen LogP contribution is 2.20. The van der Waals surface area contributed by atoms with Crippen LogP contribution in [0.15, 0.2) is 12.1 Å². The van der Waals surface area contributed by atoms with Crippen molar-refractivity contribution in [2.45, 2.75) is 19.8 Å². The fourth-order valence-electron chi connectivity index (χ4n) is 1.49. The Kier molecular flexibility index (Phi) is 7.16. The molecule has 1 N–H and O–H groups in total. The predicted molar refractivity (Wildman–Crippen MR) is 69.1 cm³/mol. The first kappa shape index (κ1) is 15.3. The number of nitrogens with one attached hydrogen (secondary N) is 1. The molecule has 0 radical (unpaired) electrons. The minimum absolute atomic E-state index is 0.238. The van der Waals surface area contributed by atoms with Crippen molar-refractivity contribution in [1.29, 1.82) is 0 Å². The van der Waals surface area contributed by atoms with Gasteiger partial charge in [0.15, 0.2) is 11.6 Å². The lowest BCUT2D eigenvalue weighted by Crippen LogP contribution is -2.20. The molecule has 0 unspecified atom stereocenters. The summed E-state index contributed by atoms with van der Waals surface area (Å²) < 4.78 is 31.2. The van der Waals surface area contributed by atoms with Crippen molar-refractivity contribution in [3.8, 4) is 0 Å². The number of halogens is 3. The van der Waals surface area contributed by atoms with Crippen molar-refractivity contribution in [3.63, 3.8) is 0 Å². The van der Waals surface area contributed by atoms with Gasteiger partial charge < -0.3 is 10.1 Å². The maximum absolute atomic E-state index is 13.0. The lowest BCUT2D eigenvalue weighted by atomic mass is 10.1. The van der Waals surface area contributed by atoms with E-state index < -0.39 is 11.6 Å². The summed E-state index contributed by atoms with van der Waals surface area (Å²) in [6.07, 6.45) is 1.56. The largest absolute Gasteiger partial charge is 0.380 e. The third-order valence-corrected chi connectivity index (χ3v) is 2.81. The van der Waals surface area contributed by atoms with E-state index in [-0.39, 0.29) is 5.02 Å². The zero-order chi connectivity index (χ0) is 13.4. The minimum atomic E-state index is -0.923. The van der Waals surface area contributed by atoms with Crippen LogP contribution >= 0.6 is 11.6 Å². The fraction of sp³-hybridized carbons (Fsp3) is 0.538. The number of ether oxygens (including phenoxy) is 1. The number of rotatable bonds is 8. The molecule has 1 aromatic carbocycles. The molecular weight excluding hydrogens is 260 g/mol. The molecule has 0 spiro atoms. The molecule has 0 saturated heterocycles. The zero-order valence-corrected chi connectivity index (χ0v) is 11.2. The van der Waals surface area contributed by atoms with Gasteiger partial charge in [0.05, 0.1) is 13.2 Å². The van der Waals surface area contributed by atoms with E-state index in [2.05, 4.69) is 12.2 Å². The molecule has 0 atom stereocenters. The summed E-state index contributed by atoms with van der Waals surface area (Å²) in [4.78, 5) is 0. The monoisotopic (exact) mass is 277 g/mol. The highest BCUT2D eigenvalue weighted by molar-refractivity contribution is 6.31. The molecule has 0 bridgehead atoms. The van der Waals surface area contributed by atoms with E-state index in [1.54, 1.807) is 0 Å². The van der Waals surface area contributed by atoms with Crippen molar-refractivity contribution < 1.29 is 13.5 Å². The van der Waals surface area contributed by atoms with Crippen LogP contribution in [-0.4, -0.2) is 26.3 Å². The maximum atomic E-state index is 13.0. The Balaban J connectivity index is 2.25. The predicted octanol–water partition coefficient (Wildman–Crippen LogP) is 3.18. The third-order valence-electron chi connectivity index (χ3n) is 2.46. The topological polar surface area (TPSA) is 21.3 Å². The molecule has 0 aliphatic rings. The standard InChI is InChI=1S/C13H18ClF2NO/c1-2-4-17-5-7-18-6-3-10-8-12(15)13(16)9-11(10)14/h8-9,17H,2-7H2,1H3. The smallest absolute Gasteiger partial charge is 0.160 e. The third kappa shape index (κ3) is 5.29. The summed E-state index contributed by atoms with van der Waals surface area (Å²) in [5.74, 6) is -1.80. The second-order valence-electron chi connectivity index (χ2n) is 3.97. The Bertz CT molecular complexity index is 374. The van der Waals surface area contributed by atoms with Crippen LogP contribution in [0.1, 0.15) is 18.9 Å². The van der Waals surface area contributed by atoms with Crippen LogP contribution in [0.4, 0.5) is 8.78 Å². The number of hydrogen-bond acceptors (Lipinski definition) is 2. The molecular formula is C13H18ClF2NO. The Hall–Kier alpha value is -0.710. The molecule has 0 aromatic heterocycles. The number of hydrogen-bond donors (Lipinski definition) is 1. The molecule has 102 valence electrons. The molecule has 18 heavy (non-hydrogen) atoms. The summed E-state index contributed by atoms with van der Waals surface area (Å²) in [6.45, 7) is 4.90. The van der Waals surface area contributed by atoms with Crippen LogP contribution in [0.3, 0.4) is 0 Å². The van der Waals surface area contributed by atoms with E-state index in [0.29, 0.717) is 25.2 Å². The van der Waals surface area contributed by atoms with Crippen LogP contribution < -0.4 is 5.32 Å². The molecule has 0 fully saturated rings. The zero-order valence-electron chi connectivity index (χ0n) is 10.4. The Morgan fingerprint density at radius 2 is 1.89 bits per heavy atom. The highest BCUT2D eigenvalue weighted by Gasteiger charge is 2.07. The van der Waals surface area contributed by atoms with Gasteiger partial charge in [-0.25, -0.2) is 8.78 Å². The van der Waals surface area contributed by atoms with Gasteiger partial charge in [0.25, 0.3) is 0 Å². The van der Waals surface area contributed by atoms with Crippen molar-refractivity contribution in [2.75, 3.05) is 26.3 Å². The second kappa shape index (κ2) is 8.40. The van der Waals surface area contributed by atoms with Crippen LogP contribution in [0.25, 0.3) is 0 Å². The van der Waals surface area contributed by atoms with Crippen molar-refractivity contribution in [3.05, 3.63) is 34.4 Å². The normalized spacial score (nSPS) is 10.9. The van der Waals surface area contributed by atoms with Gasteiger partial charge in [-0.15, -0.1) is 0 Å². The molecule has 0 aliphatic heterocycles. The van der Waals surface area contributed by atoms with E-state index in [0.717, 1.165) is 31.6 Å². The summed E-state index contributed by atoms with van der Waals surface area (Å²) >= 11 is 5.81. The van der Waals surface area contributed by atoms with E-state index in [1.165, 1.54) is 0 Å². The van der Waals surface area contributed by atoms with Gasteiger partial charge in [-0.3, -0.25) is 0 Å². The summed E-state index contributed by atoms with van der Waals surface area (Å²) in [5, 5.41) is 3.44. The molecule has 0 amide bonds. The van der Waals surface area contributed by atoms with Crippen LogP contribution in [0.5, 0.6) is 0 Å². The SMILES string of the molecule is CCCNCCOCCc1cc(F)c(F)cc1Cl. The molecule has 5 heteroatoms. The van der Waals surface area contributed by atoms with Crippen LogP contribution in [0.2, 0.25) is 5.02 Å². The Morgan fingerprint density at radius 3 is 2.61 bits per heavy atom.